The molecule has 0 aliphatic carbocycles. The summed E-state index contributed by atoms with van der Waals surface area (Å²) in [6, 6.07) is -0.533. The van der Waals surface area contributed by atoms with Gasteiger partial charge in [-0.3, -0.25) is 0 Å². The quantitative estimate of drug-likeness (QED) is 0.722. The zero-order valence-corrected chi connectivity index (χ0v) is 8.07. The fourth-order valence-electron chi connectivity index (χ4n) is 0.884. The van der Waals surface area contributed by atoms with Crippen molar-refractivity contribution in [1.82, 2.24) is 5.32 Å². The molecule has 0 bridgehead atoms. The van der Waals surface area contributed by atoms with Gasteiger partial charge in [-0.2, -0.15) is 13.2 Å². The van der Waals surface area contributed by atoms with Gasteiger partial charge in [0.2, 0.25) is 0 Å². The summed E-state index contributed by atoms with van der Waals surface area (Å²) in [6.45, 7) is 3.97. The Hall–Kier alpha value is -0.290. The number of halogens is 3. The van der Waals surface area contributed by atoms with Crippen molar-refractivity contribution in [3.8, 4) is 0 Å². The smallest absolute Gasteiger partial charge is 0.395 e. The van der Waals surface area contributed by atoms with Crippen LogP contribution in [-0.2, 0) is 0 Å². The highest BCUT2D eigenvalue weighted by molar-refractivity contribution is 4.80. The highest BCUT2D eigenvalue weighted by Crippen LogP contribution is 2.20. The predicted octanol–water partition coefficient (Wildman–Crippen LogP) is 1.55. The summed E-state index contributed by atoms with van der Waals surface area (Å²) in [4.78, 5) is 0. The maximum Gasteiger partial charge on any atom is 0.401 e. The van der Waals surface area contributed by atoms with E-state index in [1.165, 1.54) is 0 Å². The van der Waals surface area contributed by atoms with Crippen molar-refractivity contribution in [3.63, 3.8) is 0 Å². The highest BCUT2D eigenvalue weighted by atomic mass is 19.4. The van der Waals surface area contributed by atoms with Gasteiger partial charge in [-0.25, -0.2) is 0 Å². The topological polar surface area (TPSA) is 32.3 Å². The summed E-state index contributed by atoms with van der Waals surface area (Å²) in [5.41, 5.74) is -0.375. The van der Waals surface area contributed by atoms with Crippen molar-refractivity contribution < 1.29 is 18.3 Å². The number of hydrogen-bond donors (Lipinski definition) is 2. The summed E-state index contributed by atoms with van der Waals surface area (Å²) in [5.74, 6) is 0. The Bertz CT molecular complexity index is 150. The van der Waals surface area contributed by atoms with Gasteiger partial charge in [-0.05, 0) is 5.41 Å². The minimum Gasteiger partial charge on any atom is -0.395 e. The summed E-state index contributed by atoms with van der Waals surface area (Å²) in [6.07, 6.45) is -4.22. The van der Waals surface area contributed by atoms with E-state index in [4.69, 9.17) is 5.11 Å². The first kappa shape index (κ1) is 12.7. The van der Waals surface area contributed by atoms with Crippen LogP contribution in [-0.4, -0.2) is 30.5 Å². The van der Waals surface area contributed by atoms with Crippen LogP contribution in [0.1, 0.15) is 20.8 Å². The minimum atomic E-state index is -4.22. The Morgan fingerprint density at radius 2 is 1.69 bits per heavy atom. The Balaban J connectivity index is 4.02. The van der Waals surface area contributed by atoms with E-state index in [0.29, 0.717) is 0 Å². The van der Waals surface area contributed by atoms with Gasteiger partial charge in [0.1, 0.15) is 0 Å². The number of aliphatic hydroxyl groups excluding tert-OH is 1. The van der Waals surface area contributed by atoms with Crippen LogP contribution in [0.15, 0.2) is 0 Å². The Labute approximate surface area is 76.1 Å². The average molecular weight is 199 g/mol. The molecule has 2 N–H and O–H groups in total. The summed E-state index contributed by atoms with van der Waals surface area (Å²) < 4.78 is 35.4. The SMILES string of the molecule is CC(C)(C)[C@@H](CO)NCC(F)(F)F. The van der Waals surface area contributed by atoms with E-state index in [9.17, 15) is 13.2 Å². The maximum absolute atomic E-state index is 11.8. The molecular formula is C8H16F3NO. The van der Waals surface area contributed by atoms with E-state index < -0.39 is 18.8 Å². The lowest BCUT2D eigenvalue weighted by Gasteiger charge is -2.30. The van der Waals surface area contributed by atoms with Gasteiger partial charge in [-0.1, -0.05) is 20.8 Å². The molecule has 0 fully saturated rings. The van der Waals surface area contributed by atoms with Crippen molar-refractivity contribution in [2.75, 3.05) is 13.2 Å². The second kappa shape index (κ2) is 4.28. The van der Waals surface area contributed by atoms with Crippen molar-refractivity contribution in [3.05, 3.63) is 0 Å². The van der Waals surface area contributed by atoms with Crippen molar-refractivity contribution >= 4 is 0 Å². The molecule has 2 nitrogen and oxygen atoms in total. The van der Waals surface area contributed by atoms with E-state index in [1.54, 1.807) is 20.8 Å². The van der Waals surface area contributed by atoms with Gasteiger partial charge in [0.05, 0.1) is 13.2 Å². The van der Waals surface area contributed by atoms with E-state index in [2.05, 4.69) is 5.32 Å². The molecule has 0 aromatic carbocycles. The Morgan fingerprint density at radius 3 is 1.92 bits per heavy atom. The highest BCUT2D eigenvalue weighted by Gasteiger charge is 2.31. The van der Waals surface area contributed by atoms with Crippen molar-refractivity contribution in [2.24, 2.45) is 5.41 Å². The molecule has 0 aromatic heterocycles. The maximum atomic E-state index is 11.8. The molecule has 0 aliphatic rings. The first-order chi connectivity index (χ1) is 5.67. The van der Waals surface area contributed by atoms with Crippen LogP contribution >= 0.6 is 0 Å². The molecule has 0 rings (SSSR count). The van der Waals surface area contributed by atoms with Gasteiger partial charge in [0, 0.05) is 6.04 Å². The van der Waals surface area contributed by atoms with Crippen LogP contribution in [0, 0.1) is 5.41 Å². The monoisotopic (exact) mass is 199 g/mol. The van der Waals surface area contributed by atoms with Crippen LogP contribution in [0.2, 0.25) is 0 Å². The summed E-state index contributed by atoms with van der Waals surface area (Å²) in [7, 11) is 0. The lowest BCUT2D eigenvalue weighted by Crippen LogP contribution is -2.46. The van der Waals surface area contributed by atoms with Crippen LogP contribution in [0.25, 0.3) is 0 Å². The molecule has 0 spiro atoms. The second-order valence-corrected chi connectivity index (χ2v) is 4.10. The summed E-state index contributed by atoms with van der Waals surface area (Å²) in [5, 5.41) is 11.1. The van der Waals surface area contributed by atoms with E-state index in [0.717, 1.165) is 0 Å². The van der Waals surface area contributed by atoms with E-state index in [-0.39, 0.29) is 12.0 Å². The normalized spacial score (nSPS) is 15.9. The Kier molecular flexibility index (Phi) is 4.19. The fourth-order valence-corrected chi connectivity index (χ4v) is 0.884. The van der Waals surface area contributed by atoms with E-state index in [1.807, 2.05) is 0 Å². The molecule has 0 aliphatic heterocycles. The second-order valence-electron chi connectivity index (χ2n) is 4.10. The van der Waals surface area contributed by atoms with Crippen LogP contribution < -0.4 is 5.32 Å². The molecule has 0 heterocycles. The molecule has 1 atom stereocenters. The molecule has 5 heteroatoms. The number of alkyl halides is 3. The van der Waals surface area contributed by atoms with Crippen LogP contribution in [0.3, 0.4) is 0 Å². The number of hydrogen-bond acceptors (Lipinski definition) is 2. The molecule has 0 aromatic rings. The molecule has 0 saturated heterocycles. The molecule has 0 unspecified atom stereocenters. The van der Waals surface area contributed by atoms with Gasteiger partial charge in [-0.15, -0.1) is 0 Å². The van der Waals surface area contributed by atoms with Crippen LogP contribution in [0.4, 0.5) is 13.2 Å². The number of aliphatic hydroxyl groups is 1. The number of rotatable bonds is 3. The van der Waals surface area contributed by atoms with Gasteiger partial charge < -0.3 is 10.4 Å². The Morgan fingerprint density at radius 1 is 1.23 bits per heavy atom. The minimum absolute atomic E-state index is 0.292. The third-order valence-corrected chi connectivity index (χ3v) is 1.78. The molecule has 0 saturated carbocycles. The third kappa shape index (κ3) is 5.87. The molecule has 80 valence electrons. The summed E-state index contributed by atoms with van der Waals surface area (Å²) >= 11 is 0. The van der Waals surface area contributed by atoms with Gasteiger partial charge >= 0.3 is 6.18 Å². The molecular weight excluding hydrogens is 183 g/mol. The van der Waals surface area contributed by atoms with Crippen LogP contribution in [0.5, 0.6) is 0 Å². The number of nitrogens with one attached hydrogen (secondary N) is 1. The predicted molar refractivity (Wildman–Crippen MR) is 44.4 cm³/mol. The largest absolute Gasteiger partial charge is 0.401 e. The lowest BCUT2D eigenvalue weighted by atomic mass is 9.87. The van der Waals surface area contributed by atoms with Crippen molar-refractivity contribution in [1.29, 1.82) is 0 Å². The standard InChI is InChI=1S/C8H16F3NO/c1-7(2,3)6(4-13)12-5-8(9,10)11/h6,12-13H,4-5H2,1-3H3/t6-/m1/s1. The zero-order chi connectivity index (χ0) is 10.7. The third-order valence-electron chi connectivity index (χ3n) is 1.78. The van der Waals surface area contributed by atoms with Crippen molar-refractivity contribution in [2.45, 2.75) is 33.0 Å². The van der Waals surface area contributed by atoms with Gasteiger partial charge in [0.15, 0.2) is 0 Å². The molecule has 13 heavy (non-hydrogen) atoms. The lowest BCUT2D eigenvalue weighted by molar-refractivity contribution is -0.128. The van der Waals surface area contributed by atoms with Gasteiger partial charge in [0.25, 0.3) is 0 Å². The fraction of sp³-hybridized carbons (Fsp3) is 1.00. The first-order valence-corrected chi connectivity index (χ1v) is 4.08. The average Bonchev–Trinajstić information content (AvgIpc) is 1.82. The molecule has 0 amide bonds. The van der Waals surface area contributed by atoms with E-state index >= 15 is 0 Å². The molecule has 0 radical (unpaired) electrons. The zero-order valence-electron chi connectivity index (χ0n) is 8.07. The first-order valence-electron chi connectivity index (χ1n) is 4.08.